The first-order chi connectivity index (χ1) is 9.07. The quantitative estimate of drug-likeness (QED) is 0.812. The van der Waals surface area contributed by atoms with Gasteiger partial charge in [-0.2, -0.15) is 26.3 Å². The lowest BCUT2D eigenvalue weighted by Crippen LogP contribution is -2.53. The Labute approximate surface area is 112 Å². The van der Waals surface area contributed by atoms with Crippen molar-refractivity contribution in [3.8, 4) is 0 Å². The molecule has 0 atom stereocenters. The van der Waals surface area contributed by atoms with E-state index in [1.165, 1.54) is 0 Å². The fraction of sp³-hybridized carbons (Fsp3) is 0.909. The topological polar surface area (TPSA) is 32.3 Å². The molecule has 0 unspecified atom stereocenters. The Morgan fingerprint density at radius 2 is 1.60 bits per heavy atom. The van der Waals surface area contributed by atoms with E-state index in [2.05, 4.69) is 5.32 Å². The fourth-order valence-electron chi connectivity index (χ4n) is 2.24. The molecular formula is C11H16F6N2O. The van der Waals surface area contributed by atoms with Gasteiger partial charge in [0.1, 0.15) is 0 Å². The highest BCUT2D eigenvalue weighted by Crippen LogP contribution is 2.40. The van der Waals surface area contributed by atoms with E-state index >= 15 is 0 Å². The van der Waals surface area contributed by atoms with Gasteiger partial charge in [0.15, 0.2) is 0 Å². The van der Waals surface area contributed by atoms with Crippen LogP contribution in [-0.2, 0) is 4.79 Å². The molecule has 0 aromatic rings. The largest absolute Gasteiger partial charge is 0.409 e. The van der Waals surface area contributed by atoms with Gasteiger partial charge in [0.05, 0.1) is 0 Å². The first-order valence-electron chi connectivity index (χ1n) is 6.23. The van der Waals surface area contributed by atoms with E-state index in [0.717, 1.165) is 0 Å². The first kappa shape index (κ1) is 17.1. The summed E-state index contributed by atoms with van der Waals surface area (Å²) < 4.78 is 74.6. The van der Waals surface area contributed by atoms with Gasteiger partial charge in [0.25, 0.3) is 0 Å². The molecule has 20 heavy (non-hydrogen) atoms. The molecule has 0 saturated carbocycles. The minimum absolute atomic E-state index is 0.0271. The van der Waals surface area contributed by atoms with E-state index in [4.69, 9.17) is 0 Å². The van der Waals surface area contributed by atoms with E-state index in [-0.39, 0.29) is 19.1 Å². The number of hydrogen-bond acceptors (Lipinski definition) is 2. The number of carbonyl (C=O) groups excluding carboxylic acids is 1. The van der Waals surface area contributed by atoms with Crippen LogP contribution in [0.4, 0.5) is 26.3 Å². The summed E-state index contributed by atoms with van der Waals surface area (Å²) in [5.74, 6) is -5.83. The highest BCUT2D eigenvalue weighted by atomic mass is 19.4. The molecule has 1 N–H and O–H groups in total. The van der Waals surface area contributed by atoms with E-state index < -0.39 is 24.2 Å². The predicted octanol–water partition coefficient (Wildman–Crippen LogP) is 2.33. The molecule has 9 heteroatoms. The normalized spacial score (nSPS) is 18.7. The average molecular weight is 306 g/mol. The second-order valence-electron chi connectivity index (χ2n) is 4.67. The summed E-state index contributed by atoms with van der Waals surface area (Å²) in [6, 6.07) is 0.0271. The van der Waals surface area contributed by atoms with Crippen molar-refractivity contribution in [1.29, 1.82) is 0 Å². The summed E-state index contributed by atoms with van der Waals surface area (Å²) in [6.07, 6.45) is -10.5. The van der Waals surface area contributed by atoms with Crippen LogP contribution in [0.15, 0.2) is 0 Å². The second-order valence-corrected chi connectivity index (χ2v) is 4.67. The highest BCUT2D eigenvalue weighted by Gasteiger charge is 2.62. The molecule has 1 heterocycles. The van der Waals surface area contributed by atoms with Crippen LogP contribution in [0.25, 0.3) is 0 Å². The van der Waals surface area contributed by atoms with E-state index in [1.54, 1.807) is 0 Å². The fourth-order valence-corrected chi connectivity index (χ4v) is 2.24. The third-order valence-electron chi connectivity index (χ3n) is 3.20. The summed E-state index contributed by atoms with van der Waals surface area (Å²) in [6.45, 7) is 2.31. The third-order valence-corrected chi connectivity index (χ3v) is 3.20. The van der Waals surface area contributed by atoms with Gasteiger partial charge in [-0.25, -0.2) is 0 Å². The number of nitrogens with zero attached hydrogens (tertiary/aromatic N) is 1. The van der Waals surface area contributed by atoms with Crippen molar-refractivity contribution in [3.63, 3.8) is 0 Å². The Bertz CT molecular complexity index is 319. The molecule has 1 amide bonds. The standard InChI is InChI=1S/C11H16F6N2O/c1-2-18-7-3-5-19(6-4-7)9(20)8(10(12,13)14)11(15,16)17/h7-8,18H,2-6H2,1H3. The SMILES string of the molecule is CCNC1CCN(C(=O)C(C(F)(F)F)C(F)(F)F)CC1. The van der Waals surface area contributed by atoms with Crippen molar-refractivity contribution in [2.75, 3.05) is 19.6 Å². The summed E-state index contributed by atoms with van der Waals surface area (Å²) >= 11 is 0. The molecule has 118 valence electrons. The van der Waals surface area contributed by atoms with E-state index in [1.807, 2.05) is 6.92 Å². The summed E-state index contributed by atoms with van der Waals surface area (Å²) in [4.78, 5) is 12.2. The minimum atomic E-state index is -5.62. The zero-order valence-corrected chi connectivity index (χ0v) is 10.8. The molecule has 0 aromatic carbocycles. The molecule has 1 saturated heterocycles. The maximum Gasteiger partial charge on any atom is 0.409 e. The lowest BCUT2D eigenvalue weighted by Gasteiger charge is -2.35. The van der Waals surface area contributed by atoms with Crippen LogP contribution in [0.5, 0.6) is 0 Å². The van der Waals surface area contributed by atoms with Crippen LogP contribution >= 0.6 is 0 Å². The van der Waals surface area contributed by atoms with Crippen LogP contribution in [-0.4, -0.2) is 48.8 Å². The molecule has 0 radical (unpaired) electrons. The Morgan fingerprint density at radius 1 is 1.15 bits per heavy atom. The molecule has 1 aliphatic heterocycles. The van der Waals surface area contributed by atoms with Crippen LogP contribution in [0.2, 0.25) is 0 Å². The Hall–Kier alpha value is -0.990. The van der Waals surface area contributed by atoms with Crippen LogP contribution in [0, 0.1) is 5.92 Å². The van der Waals surface area contributed by atoms with Gasteiger partial charge in [-0.1, -0.05) is 6.92 Å². The number of rotatable bonds is 3. The van der Waals surface area contributed by atoms with Gasteiger partial charge in [-0.05, 0) is 19.4 Å². The molecule has 1 fully saturated rings. The van der Waals surface area contributed by atoms with E-state index in [9.17, 15) is 31.1 Å². The monoisotopic (exact) mass is 306 g/mol. The molecule has 0 bridgehead atoms. The number of hydrogen-bond donors (Lipinski definition) is 1. The van der Waals surface area contributed by atoms with Crippen molar-refractivity contribution < 1.29 is 31.1 Å². The number of likely N-dealkylation sites (tertiary alicyclic amines) is 1. The van der Waals surface area contributed by atoms with Gasteiger partial charge < -0.3 is 10.2 Å². The summed E-state index contributed by atoms with van der Waals surface area (Å²) in [5.41, 5.74) is 0. The molecule has 0 aliphatic carbocycles. The molecule has 0 aromatic heterocycles. The van der Waals surface area contributed by atoms with Gasteiger partial charge in [0.2, 0.25) is 11.8 Å². The molecular weight excluding hydrogens is 290 g/mol. The van der Waals surface area contributed by atoms with Crippen molar-refractivity contribution in [3.05, 3.63) is 0 Å². The first-order valence-corrected chi connectivity index (χ1v) is 6.23. The molecule has 1 aliphatic rings. The van der Waals surface area contributed by atoms with Crippen LogP contribution in [0.3, 0.4) is 0 Å². The minimum Gasteiger partial charge on any atom is -0.342 e. The zero-order chi connectivity index (χ0) is 15.6. The Morgan fingerprint density at radius 3 is 1.95 bits per heavy atom. The number of amides is 1. The molecule has 0 spiro atoms. The third kappa shape index (κ3) is 4.26. The van der Waals surface area contributed by atoms with Crippen molar-refractivity contribution in [2.45, 2.75) is 38.2 Å². The predicted molar refractivity (Wildman–Crippen MR) is 58.9 cm³/mol. The van der Waals surface area contributed by atoms with Crippen molar-refractivity contribution in [2.24, 2.45) is 5.92 Å². The maximum atomic E-state index is 12.4. The summed E-state index contributed by atoms with van der Waals surface area (Å²) in [5, 5.41) is 3.05. The second kappa shape index (κ2) is 6.19. The summed E-state index contributed by atoms with van der Waals surface area (Å²) in [7, 11) is 0. The van der Waals surface area contributed by atoms with Gasteiger partial charge in [-0.15, -0.1) is 0 Å². The van der Waals surface area contributed by atoms with Gasteiger partial charge >= 0.3 is 12.4 Å². The lowest BCUT2D eigenvalue weighted by atomic mass is 10.0. The number of piperidine rings is 1. The van der Waals surface area contributed by atoms with Gasteiger partial charge in [0, 0.05) is 19.1 Å². The average Bonchev–Trinajstić information content (AvgIpc) is 2.26. The van der Waals surface area contributed by atoms with Crippen molar-refractivity contribution in [1.82, 2.24) is 10.2 Å². The molecule has 1 rings (SSSR count). The van der Waals surface area contributed by atoms with Crippen molar-refractivity contribution >= 4 is 5.91 Å². The Kier molecular flexibility index (Phi) is 5.28. The number of nitrogens with one attached hydrogen (secondary N) is 1. The lowest BCUT2D eigenvalue weighted by molar-refractivity contribution is -0.277. The highest BCUT2D eigenvalue weighted by molar-refractivity contribution is 5.80. The number of halogens is 6. The zero-order valence-electron chi connectivity index (χ0n) is 10.8. The van der Waals surface area contributed by atoms with Gasteiger partial charge in [-0.3, -0.25) is 4.79 Å². The van der Waals surface area contributed by atoms with Crippen LogP contribution < -0.4 is 5.32 Å². The molecule has 3 nitrogen and oxygen atoms in total. The number of alkyl halides is 6. The smallest absolute Gasteiger partial charge is 0.342 e. The maximum absolute atomic E-state index is 12.4. The van der Waals surface area contributed by atoms with Crippen LogP contribution in [0.1, 0.15) is 19.8 Å². The van der Waals surface area contributed by atoms with E-state index in [0.29, 0.717) is 24.3 Å². The Balaban J connectivity index is 2.73. The number of carbonyl (C=O) groups is 1.